The normalized spacial score (nSPS) is 21.2. The maximum atomic E-state index is 12.6. The van der Waals surface area contributed by atoms with Crippen LogP contribution in [0.1, 0.15) is 34.6 Å². The van der Waals surface area contributed by atoms with Crippen molar-refractivity contribution in [2.24, 2.45) is 0 Å². The van der Waals surface area contributed by atoms with E-state index >= 15 is 0 Å². The molecule has 1 saturated heterocycles. The van der Waals surface area contributed by atoms with E-state index in [4.69, 9.17) is 16.3 Å². The standard InChI is InChI=1S/C17H23ClN6O2/c1-10-8-23(9-11(2)24(10)16(25)26-17(3,4)5)15-13-12(14(18)21-22-15)19-6-7-20-13/h6-7,10-11H,8-9H2,1-5H3/t10-,11+. The van der Waals surface area contributed by atoms with Crippen LogP contribution in [-0.4, -0.2) is 61.9 Å². The minimum Gasteiger partial charge on any atom is -0.444 e. The SMILES string of the molecule is C[C@@H]1CN(c2nnc(Cl)c3nccnc23)C[C@H](C)N1C(=O)OC(C)(C)C. The molecule has 1 aliphatic rings. The highest BCUT2D eigenvalue weighted by Gasteiger charge is 2.36. The van der Waals surface area contributed by atoms with Crippen molar-refractivity contribution in [2.75, 3.05) is 18.0 Å². The second kappa shape index (κ2) is 6.83. The zero-order valence-corrected chi connectivity index (χ0v) is 16.4. The number of hydrogen-bond acceptors (Lipinski definition) is 7. The Kier molecular flexibility index (Phi) is 4.88. The topological polar surface area (TPSA) is 84.3 Å². The van der Waals surface area contributed by atoms with Crippen LogP contribution in [0.25, 0.3) is 11.0 Å². The third-order valence-corrected chi connectivity index (χ3v) is 4.42. The van der Waals surface area contributed by atoms with Crippen molar-refractivity contribution in [1.82, 2.24) is 25.1 Å². The summed E-state index contributed by atoms with van der Waals surface area (Å²) in [6, 6.07) is -0.115. The number of piperazine rings is 1. The molecule has 0 unspecified atom stereocenters. The van der Waals surface area contributed by atoms with E-state index in [9.17, 15) is 4.79 Å². The molecule has 2 aromatic rings. The van der Waals surface area contributed by atoms with E-state index in [1.807, 2.05) is 34.6 Å². The molecule has 3 rings (SSSR count). The van der Waals surface area contributed by atoms with E-state index in [1.165, 1.54) is 0 Å². The van der Waals surface area contributed by atoms with Crippen LogP contribution < -0.4 is 4.90 Å². The molecule has 0 aromatic carbocycles. The molecule has 1 aliphatic heterocycles. The van der Waals surface area contributed by atoms with Crippen LogP contribution in [0.5, 0.6) is 0 Å². The van der Waals surface area contributed by atoms with Gasteiger partial charge in [0.1, 0.15) is 16.6 Å². The molecule has 2 atom stereocenters. The molecule has 140 valence electrons. The number of hydrogen-bond donors (Lipinski definition) is 0. The average Bonchev–Trinajstić information content (AvgIpc) is 2.53. The monoisotopic (exact) mass is 378 g/mol. The van der Waals surface area contributed by atoms with Gasteiger partial charge in [0.25, 0.3) is 0 Å². The predicted octanol–water partition coefficient (Wildman–Crippen LogP) is 2.91. The summed E-state index contributed by atoms with van der Waals surface area (Å²) in [5, 5.41) is 8.46. The zero-order valence-electron chi connectivity index (χ0n) is 15.6. The summed E-state index contributed by atoms with van der Waals surface area (Å²) in [7, 11) is 0. The van der Waals surface area contributed by atoms with Gasteiger partial charge in [-0.05, 0) is 34.6 Å². The summed E-state index contributed by atoms with van der Waals surface area (Å²) in [5.41, 5.74) is 0.604. The molecule has 8 nitrogen and oxygen atoms in total. The lowest BCUT2D eigenvalue weighted by molar-refractivity contribution is 0.00562. The van der Waals surface area contributed by atoms with Gasteiger partial charge in [-0.25, -0.2) is 14.8 Å². The van der Waals surface area contributed by atoms with Crippen LogP contribution in [0.15, 0.2) is 12.4 Å². The molecule has 0 bridgehead atoms. The number of fused-ring (bicyclic) bond motifs is 1. The van der Waals surface area contributed by atoms with Gasteiger partial charge in [0.05, 0.1) is 12.1 Å². The lowest BCUT2D eigenvalue weighted by Crippen LogP contribution is -2.59. The van der Waals surface area contributed by atoms with Gasteiger partial charge >= 0.3 is 6.09 Å². The highest BCUT2D eigenvalue weighted by Crippen LogP contribution is 2.28. The fourth-order valence-electron chi connectivity index (χ4n) is 3.22. The smallest absolute Gasteiger partial charge is 0.410 e. The molecule has 2 aromatic heterocycles. The molecule has 0 aliphatic carbocycles. The number of carbonyl (C=O) groups excluding carboxylic acids is 1. The van der Waals surface area contributed by atoms with Crippen LogP contribution in [0, 0.1) is 0 Å². The zero-order chi connectivity index (χ0) is 19.1. The molecule has 0 N–H and O–H groups in total. The van der Waals surface area contributed by atoms with Crippen LogP contribution in [0.4, 0.5) is 10.6 Å². The minimum absolute atomic E-state index is 0.0576. The number of nitrogens with zero attached hydrogens (tertiary/aromatic N) is 6. The molecule has 3 heterocycles. The predicted molar refractivity (Wildman–Crippen MR) is 99.3 cm³/mol. The van der Waals surface area contributed by atoms with Gasteiger partial charge in [-0.2, -0.15) is 0 Å². The van der Waals surface area contributed by atoms with Gasteiger partial charge in [0.15, 0.2) is 11.0 Å². The lowest BCUT2D eigenvalue weighted by Gasteiger charge is -2.44. The Morgan fingerprint density at radius 1 is 1.12 bits per heavy atom. The van der Waals surface area contributed by atoms with Gasteiger partial charge in [0.2, 0.25) is 0 Å². The third-order valence-electron chi connectivity index (χ3n) is 4.16. The summed E-state index contributed by atoms with van der Waals surface area (Å²) < 4.78 is 5.55. The molecule has 26 heavy (non-hydrogen) atoms. The van der Waals surface area contributed by atoms with Gasteiger partial charge in [-0.15, -0.1) is 10.2 Å². The Labute approximate surface area is 157 Å². The van der Waals surface area contributed by atoms with Crippen LogP contribution >= 0.6 is 11.6 Å². The van der Waals surface area contributed by atoms with Crippen molar-refractivity contribution >= 4 is 34.5 Å². The summed E-state index contributed by atoms with van der Waals surface area (Å²) in [6.45, 7) is 10.8. The number of anilines is 1. The molecular weight excluding hydrogens is 356 g/mol. The van der Waals surface area contributed by atoms with Crippen molar-refractivity contribution in [3.8, 4) is 0 Å². The molecule has 0 spiro atoms. The first kappa shape index (κ1) is 18.6. The fourth-order valence-corrected chi connectivity index (χ4v) is 3.40. The minimum atomic E-state index is -0.527. The number of ether oxygens (including phenoxy) is 1. The molecule has 1 amide bonds. The first-order valence-corrected chi connectivity index (χ1v) is 8.94. The Morgan fingerprint density at radius 3 is 2.27 bits per heavy atom. The summed E-state index contributed by atoms with van der Waals surface area (Å²) in [4.78, 5) is 25.0. The maximum Gasteiger partial charge on any atom is 0.410 e. The first-order chi connectivity index (χ1) is 12.2. The third kappa shape index (κ3) is 3.65. The molecule has 0 saturated carbocycles. The second-order valence-corrected chi connectivity index (χ2v) is 7.92. The maximum absolute atomic E-state index is 12.6. The number of amides is 1. The average molecular weight is 379 g/mol. The number of aromatic nitrogens is 4. The first-order valence-electron chi connectivity index (χ1n) is 8.56. The highest BCUT2D eigenvalue weighted by atomic mass is 35.5. The van der Waals surface area contributed by atoms with Gasteiger partial charge in [-0.3, -0.25) is 4.90 Å². The summed E-state index contributed by atoms with van der Waals surface area (Å²) in [5.74, 6) is 0.625. The van der Waals surface area contributed by atoms with E-state index in [0.29, 0.717) is 29.9 Å². The summed E-state index contributed by atoms with van der Waals surface area (Å²) >= 11 is 6.09. The Balaban J connectivity index is 1.86. The van der Waals surface area contributed by atoms with Crippen molar-refractivity contribution < 1.29 is 9.53 Å². The van der Waals surface area contributed by atoms with Crippen molar-refractivity contribution in [3.63, 3.8) is 0 Å². The largest absolute Gasteiger partial charge is 0.444 e. The Bertz CT molecular complexity index is 812. The molecular formula is C17H23ClN6O2. The number of halogens is 1. The number of rotatable bonds is 1. The Morgan fingerprint density at radius 2 is 1.69 bits per heavy atom. The van der Waals surface area contributed by atoms with Crippen LogP contribution in [0.3, 0.4) is 0 Å². The highest BCUT2D eigenvalue weighted by molar-refractivity contribution is 6.33. The van der Waals surface area contributed by atoms with E-state index in [2.05, 4.69) is 25.1 Å². The van der Waals surface area contributed by atoms with Crippen molar-refractivity contribution in [3.05, 3.63) is 17.5 Å². The van der Waals surface area contributed by atoms with Gasteiger partial charge in [-0.1, -0.05) is 11.6 Å². The van der Waals surface area contributed by atoms with E-state index < -0.39 is 5.60 Å². The fraction of sp³-hybridized carbons (Fsp3) is 0.588. The van der Waals surface area contributed by atoms with Gasteiger partial charge < -0.3 is 9.64 Å². The van der Waals surface area contributed by atoms with Gasteiger partial charge in [0, 0.05) is 25.5 Å². The van der Waals surface area contributed by atoms with Crippen molar-refractivity contribution in [2.45, 2.75) is 52.3 Å². The lowest BCUT2D eigenvalue weighted by atomic mass is 10.1. The second-order valence-electron chi connectivity index (χ2n) is 7.56. The molecule has 1 fully saturated rings. The number of carbonyl (C=O) groups is 1. The van der Waals surface area contributed by atoms with E-state index in [0.717, 1.165) is 0 Å². The Hall–Kier alpha value is -2.22. The van der Waals surface area contributed by atoms with Crippen LogP contribution in [0.2, 0.25) is 5.15 Å². The summed E-state index contributed by atoms with van der Waals surface area (Å²) in [6.07, 6.45) is 2.88. The molecule has 9 heteroatoms. The molecule has 0 radical (unpaired) electrons. The quantitative estimate of drug-likeness (QED) is 0.754. The van der Waals surface area contributed by atoms with Crippen molar-refractivity contribution in [1.29, 1.82) is 0 Å². The van der Waals surface area contributed by atoms with E-state index in [1.54, 1.807) is 17.3 Å². The van der Waals surface area contributed by atoms with Crippen LogP contribution in [-0.2, 0) is 4.74 Å². The van der Waals surface area contributed by atoms with E-state index in [-0.39, 0.29) is 23.3 Å².